The van der Waals surface area contributed by atoms with Crippen LogP contribution in [0.2, 0.25) is 0 Å². The van der Waals surface area contributed by atoms with E-state index in [1.165, 1.54) is 4.90 Å². The Morgan fingerprint density at radius 1 is 0.767 bits per heavy atom. The average Bonchev–Trinajstić information content (AvgIpc) is 3.24. The van der Waals surface area contributed by atoms with Crippen molar-refractivity contribution in [2.45, 2.75) is 97.9 Å². The lowest BCUT2D eigenvalue weighted by Crippen LogP contribution is -2.70. The van der Waals surface area contributed by atoms with Crippen LogP contribution < -0.4 is 14.6 Å². The molecule has 16 heteroatoms. The maximum absolute atomic E-state index is 11.9. The molecule has 1 N–H and O–H groups in total. The van der Waals surface area contributed by atoms with E-state index < -0.39 is 17.7 Å². The number of rotatable bonds is 9. The van der Waals surface area contributed by atoms with Crippen molar-refractivity contribution in [2.24, 2.45) is 11.8 Å². The van der Waals surface area contributed by atoms with Crippen molar-refractivity contribution in [2.75, 3.05) is 19.6 Å². The van der Waals surface area contributed by atoms with Gasteiger partial charge in [-0.3, -0.25) is 4.48 Å². The molecule has 16 nitrogen and oxygen atoms in total. The summed E-state index contributed by atoms with van der Waals surface area (Å²) in [6.45, 7) is 15.4. The Labute approximate surface area is 350 Å². The lowest BCUT2D eigenvalue weighted by atomic mass is 9.84. The third-order valence-corrected chi connectivity index (χ3v) is 12.0. The summed E-state index contributed by atoms with van der Waals surface area (Å²) >= 11 is 0. The molecule has 2 aliphatic heterocycles. The van der Waals surface area contributed by atoms with Gasteiger partial charge in [0, 0.05) is 36.4 Å². The number of carbonyl (C=O) groups is 2. The van der Waals surface area contributed by atoms with E-state index in [0.29, 0.717) is 43.5 Å². The molecule has 2 unspecified atom stereocenters. The first-order chi connectivity index (χ1) is 28.6. The Kier molecular flexibility index (Phi) is 13.6. The van der Waals surface area contributed by atoms with Gasteiger partial charge in [0.05, 0.1) is 85.6 Å². The van der Waals surface area contributed by atoms with Gasteiger partial charge in [0.25, 0.3) is 6.09 Å². The Morgan fingerprint density at radius 2 is 1.37 bits per heavy atom. The predicted octanol–water partition coefficient (Wildman–Crippen LogP) is 6.52. The van der Waals surface area contributed by atoms with Crippen LogP contribution in [0.3, 0.4) is 0 Å². The molecular formula is C44H54N10O6. The first kappa shape index (κ1) is 43.4. The molecule has 2 amide bonds. The van der Waals surface area contributed by atoms with Crippen molar-refractivity contribution in [3.8, 4) is 34.3 Å². The highest BCUT2D eigenvalue weighted by atomic mass is 16.5. The molecule has 0 bridgehead atoms. The summed E-state index contributed by atoms with van der Waals surface area (Å²) in [5.41, 5.74) is 5.89. The predicted molar refractivity (Wildman–Crippen MR) is 220 cm³/mol. The molecule has 0 spiro atoms. The van der Waals surface area contributed by atoms with E-state index in [4.69, 9.17) is 9.47 Å². The fourth-order valence-electron chi connectivity index (χ4n) is 8.09. The first-order valence-electron chi connectivity index (χ1n) is 20.3. The fraction of sp³-hybridized carbons (Fsp3) is 0.455. The van der Waals surface area contributed by atoms with E-state index in [1.807, 2.05) is 78.8 Å². The summed E-state index contributed by atoms with van der Waals surface area (Å²) in [5, 5.41) is 36.9. The standard InChI is InChI=1S/C23H25N5O3.C21H29N5O3/c1-15-3-5-17(6-4-15)21-11-18(8-10-28(21)23(29)30)16(2)31-22-14-24-20(13-25-22)19-7-9-26-27-12-19;1-14-10-24-25-11-17(14)18-12-23-19(13-22-18)29-15(2)16-6-8-26(9-7-16,20(27)28)21(3,4)5/h3-7,9,12-14,16,18,21H,8,10-11H2,1-2H3,(H,29,30);10-13,15-16H,6-9H2,1-5H3/t16-,18?,21?;15-,16?,26?/m00/s1. The van der Waals surface area contributed by atoms with E-state index in [-0.39, 0.29) is 34.6 Å². The number of likely N-dealkylation sites (tertiary alicyclic amines) is 2. The van der Waals surface area contributed by atoms with Gasteiger partial charge in [-0.1, -0.05) is 29.8 Å². The van der Waals surface area contributed by atoms with Gasteiger partial charge in [0.1, 0.15) is 12.2 Å². The van der Waals surface area contributed by atoms with E-state index >= 15 is 0 Å². The molecule has 5 aromatic rings. The minimum Gasteiger partial charge on any atom is -0.498 e. The molecule has 1 aromatic carbocycles. The van der Waals surface area contributed by atoms with Gasteiger partial charge in [0.2, 0.25) is 11.8 Å². The van der Waals surface area contributed by atoms with Gasteiger partial charge >= 0.3 is 6.09 Å². The second-order valence-electron chi connectivity index (χ2n) is 16.7. The molecule has 0 saturated carbocycles. The van der Waals surface area contributed by atoms with Crippen molar-refractivity contribution in [3.63, 3.8) is 0 Å². The Bertz CT molecular complexity index is 2180. The van der Waals surface area contributed by atoms with Crippen molar-refractivity contribution in [1.29, 1.82) is 0 Å². The number of aromatic nitrogens is 8. The molecule has 4 aromatic heterocycles. The van der Waals surface area contributed by atoms with E-state index in [9.17, 15) is 19.8 Å². The highest BCUT2D eigenvalue weighted by molar-refractivity contribution is 5.66. The van der Waals surface area contributed by atoms with Crippen molar-refractivity contribution in [3.05, 3.63) is 96.6 Å². The topological polar surface area (TPSA) is 202 Å². The summed E-state index contributed by atoms with van der Waals surface area (Å²) in [6, 6.07) is 9.71. The molecule has 0 aliphatic carbocycles. The summed E-state index contributed by atoms with van der Waals surface area (Å²) in [4.78, 5) is 42.8. The smallest absolute Gasteiger partial charge is 0.407 e. The zero-order valence-corrected chi connectivity index (χ0v) is 35.3. The normalized spacial score (nSPS) is 21.4. The third-order valence-electron chi connectivity index (χ3n) is 12.0. The summed E-state index contributed by atoms with van der Waals surface area (Å²) in [7, 11) is 0. The molecule has 2 fully saturated rings. The molecule has 4 atom stereocenters. The second kappa shape index (κ2) is 18.8. The van der Waals surface area contributed by atoms with Crippen LogP contribution in [0.5, 0.6) is 11.8 Å². The molecule has 2 saturated heterocycles. The lowest BCUT2D eigenvalue weighted by molar-refractivity contribution is -0.924. The van der Waals surface area contributed by atoms with Crippen molar-refractivity contribution < 1.29 is 33.8 Å². The summed E-state index contributed by atoms with van der Waals surface area (Å²) in [5.74, 6) is 1.37. The zero-order chi connectivity index (χ0) is 43.0. The monoisotopic (exact) mass is 818 g/mol. The number of carboxylic acid groups (broad SMARTS) is 2. The Balaban J connectivity index is 0.000000202. The number of nitrogens with zero attached hydrogens (tertiary/aromatic N) is 10. The van der Waals surface area contributed by atoms with Crippen LogP contribution in [-0.4, -0.2) is 104 Å². The number of quaternary nitrogens is 1. The number of carbonyl (C=O) groups excluding carboxylic acids is 1. The highest BCUT2D eigenvalue weighted by Gasteiger charge is 2.46. The number of benzene rings is 1. The van der Waals surface area contributed by atoms with Crippen LogP contribution in [0.15, 0.2) is 79.9 Å². The molecule has 60 heavy (non-hydrogen) atoms. The van der Waals surface area contributed by atoms with Gasteiger partial charge < -0.3 is 29.4 Å². The van der Waals surface area contributed by atoms with Crippen LogP contribution >= 0.6 is 0 Å². The SMILES string of the molecule is Cc1ccc(C2CC([C@H](C)Oc3cnc(-c4ccnnc4)cn3)CCN2C(=O)O)cc1.Cc1cnncc1-c1cnc(O[C@@H](C)C2CC[N+](C(=O)[O-])(C(C)(C)C)CC2)cn1. The summed E-state index contributed by atoms with van der Waals surface area (Å²) < 4.78 is 12.1. The van der Waals surface area contributed by atoms with Gasteiger partial charge in [0.15, 0.2) is 0 Å². The molecule has 2 aliphatic rings. The van der Waals surface area contributed by atoms with Gasteiger partial charge in [-0.05, 0) is 84.4 Å². The maximum Gasteiger partial charge on any atom is 0.407 e. The van der Waals surface area contributed by atoms with Crippen molar-refractivity contribution in [1.82, 2.24) is 45.2 Å². The van der Waals surface area contributed by atoms with Crippen molar-refractivity contribution >= 4 is 12.2 Å². The lowest BCUT2D eigenvalue weighted by Gasteiger charge is -2.51. The van der Waals surface area contributed by atoms with Gasteiger partial charge in [-0.25, -0.2) is 24.7 Å². The minimum atomic E-state index is -0.994. The third kappa shape index (κ3) is 10.2. The van der Waals surface area contributed by atoms with Gasteiger partial charge in [-0.2, -0.15) is 20.4 Å². The molecule has 6 heterocycles. The molecule has 0 radical (unpaired) electrons. The highest BCUT2D eigenvalue weighted by Crippen LogP contribution is 2.37. The number of hydrogen-bond acceptors (Lipinski definition) is 13. The number of hydrogen-bond donors (Lipinski definition) is 1. The van der Waals surface area contributed by atoms with E-state index in [1.54, 1.807) is 49.6 Å². The van der Waals surface area contributed by atoms with Crippen LogP contribution in [-0.2, 0) is 0 Å². The number of aryl methyl sites for hydroxylation is 2. The maximum atomic E-state index is 11.9. The fourth-order valence-corrected chi connectivity index (χ4v) is 8.09. The zero-order valence-electron chi connectivity index (χ0n) is 35.3. The van der Waals surface area contributed by atoms with Crippen LogP contribution in [0.4, 0.5) is 9.59 Å². The summed E-state index contributed by atoms with van der Waals surface area (Å²) in [6.07, 6.45) is 14.0. The first-order valence-corrected chi connectivity index (χ1v) is 20.3. The van der Waals surface area contributed by atoms with Gasteiger partial charge in [-0.15, -0.1) is 0 Å². The Hall–Kier alpha value is -6.16. The number of ether oxygens (including phenoxy) is 2. The molecule has 7 rings (SSSR count). The average molecular weight is 819 g/mol. The van der Waals surface area contributed by atoms with E-state index in [2.05, 4.69) is 40.3 Å². The van der Waals surface area contributed by atoms with Crippen LogP contribution in [0, 0.1) is 25.7 Å². The minimum absolute atomic E-state index is 0.00988. The quantitative estimate of drug-likeness (QED) is 0.158. The molecular weight excluding hydrogens is 765 g/mol. The number of piperidine rings is 2. The van der Waals surface area contributed by atoms with E-state index in [0.717, 1.165) is 52.8 Å². The molecule has 316 valence electrons. The largest absolute Gasteiger partial charge is 0.498 e. The Morgan fingerprint density at radius 3 is 1.90 bits per heavy atom. The van der Waals surface area contributed by atoms with Crippen LogP contribution in [0.25, 0.3) is 22.5 Å². The number of amides is 2. The van der Waals surface area contributed by atoms with Crippen LogP contribution in [0.1, 0.15) is 83.0 Å². The second-order valence-corrected chi connectivity index (χ2v) is 16.7.